The monoisotopic (exact) mass is 234 g/mol. The molecule has 0 spiro atoms. The molecule has 0 fully saturated rings. The van der Waals surface area contributed by atoms with Gasteiger partial charge in [0.05, 0.1) is 5.56 Å². The van der Waals surface area contributed by atoms with Crippen molar-refractivity contribution in [3.63, 3.8) is 0 Å². The van der Waals surface area contributed by atoms with E-state index in [4.69, 9.17) is 0 Å². The van der Waals surface area contributed by atoms with Crippen LogP contribution in [-0.2, 0) is 14.1 Å². The quantitative estimate of drug-likeness (QED) is 0.735. The Labute approximate surface area is 96.6 Å². The fourth-order valence-electron chi connectivity index (χ4n) is 1.64. The molecule has 1 aromatic carbocycles. The third-order valence-corrected chi connectivity index (χ3v) is 2.60. The van der Waals surface area contributed by atoms with Gasteiger partial charge in [-0.2, -0.15) is 0 Å². The Hall–Kier alpha value is -2.17. The lowest BCUT2D eigenvalue weighted by atomic mass is 10.1. The zero-order valence-electron chi connectivity index (χ0n) is 9.48. The van der Waals surface area contributed by atoms with Crippen molar-refractivity contribution in [2.75, 3.05) is 0 Å². The molecule has 0 saturated heterocycles. The van der Waals surface area contributed by atoms with Crippen molar-refractivity contribution in [2.45, 2.75) is 0 Å². The molecule has 0 saturated carbocycles. The van der Waals surface area contributed by atoms with Gasteiger partial charge in [0.15, 0.2) is 0 Å². The van der Waals surface area contributed by atoms with Crippen LogP contribution in [0.4, 0.5) is 4.39 Å². The summed E-state index contributed by atoms with van der Waals surface area (Å²) in [5.41, 5.74) is 0.178. The van der Waals surface area contributed by atoms with Gasteiger partial charge in [-0.15, -0.1) is 0 Å². The van der Waals surface area contributed by atoms with Crippen molar-refractivity contribution in [3.8, 4) is 11.1 Å². The van der Waals surface area contributed by atoms with E-state index < -0.39 is 0 Å². The van der Waals surface area contributed by atoms with E-state index in [-0.39, 0.29) is 17.1 Å². The first-order valence-electron chi connectivity index (χ1n) is 5.03. The molecule has 0 atom stereocenters. The Morgan fingerprint density at radius 2 is 1.65 bits per heavy atom. The molecule has 2 aromatic rings. The third kappa shape index (κ3) is 1.91. The average Bonchev–Trinajstić information content (AvgIpc) is 2.32. The van der Waals surface area contributed by atoms with E-state index >= 15 is 0 Å². The van der Waals surface area contributed by atoms with E-state index in [1.807, 2.05) is 0 Å². The molecule has 2 rings (SSSR count). The maximum absolute atomic E-state index is 12.8. The van der Waals surface area contributed by atoms with Gasteiger partial charge in [0.1, 0.15) is 5.82 Å². The largest absolute Gasteiger partial charge is 0.330 e. The van der Waals surface area contributed by atoms with Crippen molar-refractivity contribution >= 4 is 0 Å². The van der Waals surface area contributed by atoms with Crippen LogP contribution in [0, 0.1) is 5.82 Å². The van der Waals surface area contributed by atoms with Crippen molar-refractivity contribution in [1.29, 1.82) is 0 Å². The fraction of sp³-hybridized carbons (Fsp3) is 0.167. The molecule has 0 radical (unpaired) electrons. The summed E-state index contributed by atoms with van der Waals surface area (Å²) in [5, 5.41) is 0. The lowest BCUT2D eigenvalue weighted by Crippen LogP contribution is -2.37. The second-order valence-corrected chi connectivity index (χ2v) is 3.81. The van der Waals surface area contributed by atoms with Crippen molar-refractivity contribution < 1.29 is 4.39 Å². The lowest BCUT2D eigenvalue weighted by Gasteiger charge is -2.06. The zero-order valence-corrected chi connectivity index (χ0v) is 9.48. The van der Waals surface area contributed by atoms with Gasteiger partial charge in [-0.25, -0.2) is 9.18 Å². The van der Waals surface area contributed by atoms with Gasteiger partial charge < -0.3 is 4.57 Å². The van der Waals surface area contributed by atoms with E-state index in [0.717, 1.165) is 4.57 Å². The van der Waals surface area contributed by atoms with Crippen LogP contribution in [0.15, 0.2) is 40.1 Å². The first-order chi connectivity index (χ1) is 8.00. The summed E-state index contributed by atoms with van der Waals surface area (Å²) in [6.45, 7) is 0. The minimum atomic E-state index is -0.389. The predicted molar refractivity (Wildman–Crippen MR) is 62.3 cm³/mol. The second kappa shape index (κ2) is 4.01. The predicted octanol–water partition coefficient (Wildman–Crippen LogP) is 0.890. The normalized spacial score (nSPS) is 10.5. The first-order valence-corrected chi connectivity index (χ1v) is 5.03. The molecule has 0 unspecified atom stereocenters. The van der Waals surface area contributed by atoms with Gasteiger partial charge >= 0.3 is 5.69 Å². The summed E-state index contributed by atoms with van der Waals surface area (Å²) >= 11 is 0. The van der Waals surface area contributed by atoms with E-state index in [1.165, 1.54) is 42.1 Å². The Bertz CT molecular complexity index is 668. The first kappa shape index (κ1) is 11.3. The number of hydrogen-bond acceptors (Lipinski definition) is 2. The van der Waals surface area contributed by atoms with Crippen LogP contribution >= 0.6 is 0 Å². The van der Waals surface area contributed by atoms with Crippen LogP contribution < -0.4 is 11.2 Å². The molecule has 5 heteroatoms. The molecule has 0 aliphatic carbocycles. The van der Waals surface area contributed by atoms with E-state index in [1.54, 1.807) is 7.05 Å². The van der Waals surface area contributed by atoms with Gasteiger partial charge in [0.2, 0.25) is 0 Å². The topological polar surface area (TPSA) is 44.0 Å². The molecule has 4 nitrogen and oxygen atoms in total. The molecule has 0 amide bonds. The second-order valence-electron chi connectivity index (χ2n) is 3.81. The molecule has 0 aliphatic rings. The lowest BCUT2D eigenvalue weighted by molar-refractivity contribution is 0.628. The van der Waals surface area contributed by atoms with Gasteiger partial charge in [0.25, 0.3) is 5.56 Å². The number of halogens is 1. The maximum atomic E-state index is 12.8. The van der Waals surface area contributed by atoms with E-state index in [0.29, 0.717) is 11.1 Å². The smallest absolute Gasteiger partial charge is 0.303 e. The minimum Gasteiger partial charge on any atom is -0.303 e. The van der Waals surface area contributed by atoms with E-state index in [9.17, 15) is 14.0 Å². The molecule has 0 aliphatic heterocycles. The minimum absolute atomic E-state index is 0.365. The van der Waals surface area contributed by atoms with Crippen molar-refractivity contribution in [1.82, 2.24) is 9.13 Å². The van der Waals surface area contributed by atoms with Crippen LogP contribution in [0.2, 0.25) is 0 Å². The highest BCUT2D eigenvalue weighted by Gasteiger charge is 2.08. The Balaban J connectivity index is 2.73. The average molecular weight is 234 g/mol. The molecule has 17 heavy (non-hydrogen) atoms. The highest BCUT2D eigenvalue weighted by atomic mass is 19.1. The Morgan fingerprint density at radius 3 is 2.24 bits per heavy atom. The van der Waals surface area contributed by atoms with E-state index in [2.05, 4.69) is 0 Å². The molecular weight excluding hydrogens is 223 g/mol. The van der Waals surface area contributed by atoms with Crippen LogP contribution in [0.1, 0.15) is 0 Å². The Morgan fingerprint density at radius 1 is 1.06 bits per heavy atom. The van der Waals surface area contributed by atoms with Crippen LogP contribution in [0.3, 0.4) is 0 Å². The SMILES string of the molecule is Cn1cc(-c2ccc(F)cc2)c(=O)n(C)c1=O. The number of hydrogen-bond donors (Lipinski definition) is 0. The molecule has 88 valence electrons. The summed E-state index contributed by atoms with van der Waals surface area (Å²) in [5.74, 6) is -0.365. The molecule has 0 bridgehead atoms. The number of nitrogens with zero attached hydrogens (tertiary/aromatic N) is 2. The van der Waals surface area contributed by atoms with Gasteiger partial charge in [-0.3, -0.25) is 9.36 Å². The molecule has 0 N–H and O–H groups in total. The summed E-state index contributed by atoms with van der Waals surface area (Å²) in [4.78, 5) is 23.4. The fourth-order valence-corrected chi connectivity index (χ4v) is 1.64. The van der Waals surface area contributed by atoms with Gasteiger partial charge in [-0.05, 0) is 17.7 Å². The molecule has 1 aromatic heterocycles. The van der Waals surface area contributed by atoms with Crippen LogP contribution in [0.25, 0.3) is 11.1 Å². The van der Waals surface area contributed by atoms with Crippen molar-refractivity contribution in [2.24, 2.45) is 14.1 Å². The number of aromatic nitrogens is 2. The van der Waals surface area contributed by atoms with Gasteiger partial charge in [0, 0.05) is 20.3 Å². The van der Waals surface area contributed by atoms with Crippen molar-refractivity contribution in [3.05, 3.63) is 57.1 Å². The summed E-state index contributed by atoms with van der Waals surface area (Å²) in [6, 6.07) is 5.58. The maximum Gasteiger partial charge on any atom is 0.330 e. The van der Waals surface area contributed by atoms with Crippen LogP contribution in [-0.4, -0.2) is 9.13 Å². The molecule has 1 heterocycles. The number of aryl methyl sites for hydroxylation is 1. The standard InChI is InChI=1S/C12H11FN2O2/c1-14-7-10(11(16)15(2)12(14)17)8-3-5-9(13)6-4-8/h3-7H,1-2H3. The Kier molecular flexibility index (Phi) is 2.67. The number of rotatable bonds is 1. The highest BCUT2D eigenvalue weighted by Crippen LogP contribution is 2.14. The third-order valence-electron chi connectivity index (χ3n) is 2.60. The van der Waals surface area contributed by atoms with Gasteiger partial charge in [-0.1, -0.05) is 12.1 Å². The summed E-state index contributed by atoms with van der Waals surface area (Å²) in [6.07, 6.45) is 1.46. The summed E-state index contributed by atoms with van der Waals surface area (Å²) < 4.78 is 15.1. The molecular formula is C12H11FN2O2. The highest BCUT2D eigenvalue weighted by molar-refractivity contribution is 5.61. The van der Waals surface area contributed by atoms with Crippen LogP contribution in [0.5, 0.6) is 0 Å². The zero-order chi connectivity index (χ0) is 12.6. The number of benzene rings is 1. The summed E-state index contributed by atoms with van der Waals surface area (Å²) in [7, 11) is 2.98.